The molecule has 3 rings (SSSR count). The molecule has 0 spiro atoms. The first-order valence-corrected chi connectivity index (χ1v) is 6.48. The first-order valence-electron chi connectivity index (χ1n) is 6.48. The number of para-hydroxylation sites is 1. The predicted octanol–water partition coefficient (Wildman–Crippen LogP) is 2.41. The van der Waals surface area contributed by atoms with E-state index in [0.29, 0.717) is 0 Å². The molecule has 3 heteroatoms. The number of aryl methyl sites for hydroxylation is 1. The van der Waals surface area contributed by atoms with Crippen LogP contribution in [-0.2, 0) is 6.42 Å². The van der Waals surface area contributed by atoms with Gasteiger partial charge >= 0.3 is 0 Å². The van der Waals surface area contributed by atoms with Crippen LogP contribution in [0, 0.1) is 12.8 Å². The summed E-state index contributed by atoms with van der Waals surface area (Å²) >= 11 is 0. The van der Waals surface area contributed by atoms with Crippen LogP contribution in [-0.4, -0.2) is 23.1 Å². The Balaban J connectivity index is 1.88. The Hall–Kier alpha value is -1.35. The first-order chi connectivity index (χ1) is 8.33. The summed E-state index contributed by atoms with van der Waals surface area (Å²) < 4.78 is 0. The Morgan fingerprint density at radius 2 is 2.35 bits per heavy atom. The number of aromatic nitrogens is 2. The summed E-state index contributed by atoms with van der Waals surface area (Å²) in [6.45, 7) is 4.36. The molecule has 0 bridgehead atoms. The Kier molecular flexibility index (Phi) is 2.85. The zero-order valence-corrected chi connectivity index (χ0v) is 10.3. The normalized spacial score (nSPS) is 20.9. The number of H-pyrrole nitrogens is 1. The van der Waals surface area contributed by atoms with Crippen molar-refractivity contribution in [2.24, 2.45) is 5.92 Å². The first kappa shape index (κ1) is 10.8. The maximum atomic E-state index is 4.60. The van der Waals surface area contributed by atoms with Crippen LogP contribution in [0.3, 0.4) is 0 Å². The second-order valence-electron chi connectivity index (χ2n) is 5.05. The summed E-state index contributed by atoms with van der Waals surface area (Å²) in [6.07, 6.45) is 3.79. The Morgan fingerprint density at radius 1 is 1.41 bits per heavy atom. The van der Waals surface area contributed by atoms with Gasteiger partial charge in [0.25, 0.3) is 0 Å². The van der Waals surface area contributed by atoms with Gasteiger partial charge in [0.2, 0.25) is 0 Å². The molecule has 90 valence electrons. The maximum absolute atomic E-state index is 4.60. The number of nitrogens with one attached hydrogen (secondary N) is 2. The monoisotopic (exact) mass is 229 g/mol. The zero-order chi connectivity index (χ0) is 11.7. The molecule has 1 atom stereocenters. The molecular formula is C14H19N3. The van der Waals surface area contributed by atoms with Gasteiger partial charge < -0.3 is 10.3 Å². The van der Waals surface area contributed by atoms with Gasteiger partial charge in [-0.3, -0.25) is 0 Å². The van der Waals surface area contributed by atoms with E-state index in [4.69, 9.17) is 0 Å². The Bertz CT molecular complexity index is 509. The van der Waals surface area contributed by atoms with E-state index in [1.54, 1.807) is 0 Å². The van der Waals surface area contributed by atoms with Crippen LogP contribution in [0.15, 0.2) is 18.2 Å². The summed E-state index contributed by atoms with van der Waals surface area (Å²) in [4.78, 5) is 7.91. The number of piperidine rings is 1. The van der Waals surface area contributed by atoms with Crippen molar-refractivity contribution in [3.05, 3.63) is 29.6 Å². The van der Waals surface area contributed by atoms with Crippen molar-refractivity contribution in [3.8, 4) is 0 Å². The van der Waals surface area contributed by atoms with Gasteiger partial charge in [-0.15, -0.1) is 0 Å². The van der Waals surface area contributed by atoms with E-state index in [9.17, 15) is 0 Å². The number of rotatable bonds is 2. The molecule has 1 fully saturated rings. The minimum Gasteiger partial charge on any atom is -0.342 e. The molecule has 0 aliphatic carbocycles. The van der Waals surface area contributed by atoms with Gasteiger partial charge in [0.15, 0.2) is 0 Å². The minimum atomic E-state index is 0.770. The standard InChI is InChI=1S/C14H19N3/c1-10-16-13-6-2-5-12(14(13)17-10)8-11-4-3-7-15-9-11/h2,5-6,11,15H,3-4,7-9H2,1H3,(H,16,17). The summed E-state index contributed by atoms with van der Waals surface area (Å²) in [5, 5.41) is 3.48. The van der Waals surface area contributed by atoms with E-state index >= 15 is 0 Å². The molecular weight excluding hydrogens is 210 g/mol. The number of aromatic amines is 1. The van der Waals surface area contributed by atoms with Gasteiger partial charge in [-0.2, -0.15) is 0 Å². The van der Waals surface area contributed by atoms with Gasteiger partial charge in [-0.25, -0.2) is 4.98 Å². The number of fused-ring (bicyclic) bond motifs is 1. The molecule has 1 aliphatic rings. The average molecular weight is 229 g/mol. The lowest BCUT2D eigenvalue weighted by atomic mass is 9.92. The number of hydrogen-bond donors (Lipinski definition) is 2. The van der Waals surface area contributed by atoms with Crippen LogP contribution in [0.5, 0.6) is 0 Å². The average Bonchev–Trinajstić information content (AvgIpc) is 2.72. The van der Waals surface area contributed by atoms with Crippen molar-refractivity contribution < 1.29 is 0 Å². The van der Waals surface area contributed by atoms with Crippen LogP contribution in [0.25, 0.3) is 11.0 Å². The van der Waals surface area contributed by atoms with Crippen molar-refractivity contribution in [3.63, 3.8) is 0 Å². The third-order valence-corrected chi connectivity index (χ3v) is 3.62. The molecule has 2 N–H and O–H groups in total. The third-order valence-electron chi connectivity index (χ3n) is 3.62. The lowest BCUT2D eigenvalue weighted by Gasteiger charge is -2.22. The van der Waals surface area contributed by atoms with Crippen molar-refractivity contribution in [2.75, 3.05) is 13.1 Å². The highest BCUT2D eigenvalue weighted by Crippen LogP contribution is 2.22. The zero-order valence-electron chi connectivity index (χ0n) is 10.3. The highest BCUT2D eigenvalue weighted by Gasteiger charge is 2.15. The van der Waals surface area contributed by atoms with E-state index in [-0.39, 0.29) is 0 Å². The predicted molar refractivity (Wildman–Crippen MR) is 70.1 cm³/mol. The van der Waals surface area contributed by atoms with Gasteiger partial charge in [0.1, 0.15) is 5.82 Å². The van der Waals surface area contributed by atoms with Crippen molar-refractivity contribution in [1.82, 2.24) is 15.3 Å². The molecule has 0 saturated carbocycles. The third kappa shape index (κ3) is 2.20. The molecule has 2 heterocycles. The van der Waals surface area contributed by atoms with Gasteiger partial charge in [-0.05, 0) is 56.8 Å². The van der Waals surface area contributed by atoms with E-state index in [1.165, 1.54) is 30.5 Å². The summed E-state index contributed by atoms with van der Waals surface area (Å²) in [5.41, 5.74) is 3.72. The summed E-state index contributed by atoms with van der Waals surface area (Å²) in [7, 11) is 0. The molecule has 1 aliphatic heterocycles. The fourth-order valence-electron chi connectivity index (χ4n) is 2.79. The van der Waals surface area contributed by atoms with Gasteiger partial charge in [0.05, 0.1) is 11.0 Å². The Labute approximate surface area is 102 Å². The highest BCUT2D eigenvalue weighted by molar-refractivity contribution is 5.78. The summed E-state index contributed by atoms with van der Waals surface area (Å²) in [5.74, 6) is 1.78. The lowest BCUT2D eigenvalue weighted by molar-refractivity contribution is 0.376. The van der Waals surface area contributed by atoms with Crippen molar-refractivity contribution in [2.45, 2.75) is 26.2 Å². The van der Waals surface area contributed by atoms with Crippen LogP contribution in [0.4, 0.5) is 0 Å². The molecule has 1 saturated heterocycles. The molecule has 1 aromatic heterocycles. The largest absolute Gasteiger partial charge is 0.342 e. The van der Waals surface area contributed by atoms with Gasteiger partial charge in [0, 0.05) is 0 Å². The van der Waals surface area contributed by atoms with Gasteiger partial charge in [-0.1, -0.05) is 12.1 Å². The molecule has 0 radical (unpaired) electrons. The molecule has 17 heavy (non-hydrogen) atoms. The lowest BCUT2D eigenvalue weighted by Crippen LogP contribution is -2.30. The molecule has 3 nitrogen and oxygen atoms in total. The van der Waals surface area contributed by atoms with E-state index in [2.05, 4.69) is 33.5 Å². The number of imidazole rings is 1. The number of nitrogens with zero attached hydrogens (tertiary/aromatic N) is 1. The number of benzene rings is 1. The fraction of sp³-hybridized carbons (Fsp3) is 0.500. The smallest absolute Gasteiger partial charge is 0.104 e. The molecule has 2 aromatic rings. The van der Waals surface area contributed by atoms with E-state index in [0.717, 1.165) is 30.2 Å². The Morgan fingerprint density at radius 3 is 3.18 bits per heavy atom. The summed E-state index contributed by atoms with van der Waals surface area (Å²) in [6, 6.07) is 6.46. The molecule has 1 aromatic carbocycles. The number of hydrogen-bond acceptors (Lipinski definition) is 2. The molecule has 1 unspecified atom stereocenters. The topological polar surface area (TPSA) is 40.7 Å². The quantitative estimate of drug-likeness (QED) is 0.830. The highest BCUT2D eigenvalue weighted by atomic mass is 14.9. The fourth-order valence-corrected chi connectivity index (χ4v) is 2.79. The van der Waals surface area contributed by atoms with Crippen LogP contribution in [0.2, 0.25) is 0 Å². The molecule has 0 amide bonds. The van der Waals surface area contributed by atoms with Crippen molar-refractivity contribution >= 4 is 11.0 Å². The van der Waals surface area contributed by atoms with Crippen molar-refractivity contribution in [1.29, 1.82) is 0 Å². The van der Waals surface area contributed by atoms with Crippen LogP contribution in [0.1, 0.15) is 24.2 Å². The minimum absolute atomic E-state index is 0.770. The maximum Gasteiger partial charge on any atom is 0.104 e. The second-order valence-corrected chi connectivity index (χ2v) is 5.05. The second kappa shape index (κ2) is 4.49. The van der Waals surface area contributed by atoms with Crippen LogP contribution >= 0.6 is 0 Å². The van der Waals surface area contributed by atoms with E-state index < -0.39 is 0 Å². The SMILES string of the molecule is Cc1nc2c(CC3CCCNC3)cccc2[nH]1. The van der Waals surface area contributed by atoms with Crippen LogP contribution < -0.4 is 5.32 Å². The van der Waals surface area contributed by atoms with E-state index in [1.807, 2.05) is 6.92 Å².